The average molecular weight is 370 g/mol. The number of amides is 1. The molecule has 1 aliphatic rings. The van der Waals surface area contributed by atoms with Gasteiger partial charge in [-0.05, 0) is 60.9 Å². The first kappa shape index (κ1) is 19.2. The minimum absolute atomic E-state index is 0.262. The van der Waals surface area contributed by atoms with E-state index in [0.717, 1.165) is 37.3 Å². The highest BCUT2D eigenvalue weighted by Crippen LogP contribution is 2.32. The molecule has 1 fully saturated rings. The standard InChI is InChI=1S/C19H26N6O2/c1-14(2)25-18(20-22-23-25)11-13-24-12-3-4-17(24)16-8-5-15(6-9-16)7-10-19(26)21-27/h5-10,14,17,27H,3-4,11-13H2,1-2H3,(H,21,26)/t17-/m0/s1. The Bertz CT molecular complexity index is 784. The second-order valence-corrected chi connectivity index (χ2v) is 7.05. The Labute approximate surface area is 158 Å². The summed E-state index contributed by atoms with van der Waals surface area (Å²) in [7, 11) is 0. The van der Waals surface area contributed by atoms with Gasteiger partial charge in [0.05, 0.1) is 6.04 Å². The fourth-order valence-electron chi connectivity index (χ4n) is 3.53. The van der Waals surface area contributed by atoms with Gasteiger partial charge in [-0.15, -0.1) is 5.10 Å². The number of carbonyl (C=O) groups excluding carboxylic acids is 1. The number of nitrogens with one attached hydrogen (secondary N) is 1. The van der Waals surface area contributed by atoms with Crippen LogP contribution in [0.2, 0.25) is 0 Å². The van der Waals surface area contributed by atoms with E-state index in [-0.39, 0.29) is 6.04 Å². The molecule has 27 heavy (non-hydrogen) atoms. The van der Waals surface area contributed by atoms with Crippen molar-refractivity contribution in [2.45, 2.75) is 45.2 Å². The van der Waals surface area contributed by atoms with Crippen LogP contribution in [0.25, 0.3) is 6.08 Å². The van der Waals surface area contributed by atoms with Gasteiger partial charge >= 0.3 is 0 Å². The fourth-order valence-corrected chi connectivity index (χ4v) is 3.53. The maximum absolute atomic E-state index is 11.1. The van der Waals surface area contributed by atoms with E-state index in [2.05, 4.69) is 46.4 Å². The summed E-state index contributed by atoms with van der Waals surface area (Å²) in [5, 5.41) is 20.6. The summed E-state index contributed by atoms with van der Waals surface area (Å²) < 4.78 is 1.88. The summed E-state index contributed by atoms with van der Waals surface area (Å²) >= 11 is 0. The minimum Gasteiger partial charge on any atom is -0.296 e. The molecule has 0 spiro atoms. The third kappa shape index (κ3) is 4.78. The van der Waals surface area contributed by atoms with Crippen molar-refractivity contribution in [1.82, 2.24) is 30.6 Å². The summed E-state index contributed by atoms with van der Waals surface area (Å²) in [6, 6.07) is 8.86. The summed E-state index contributed by atoms with van der Waals surface area (Å²) in [6.07, 6.45) is 6.12. The second kappa shape index (κ2) is 8.88. The average Bonchev–Trinajstić information content (AvgIpc) is 3.33. The maximum atomic E-state index is 11.1. The molecule has 2 N–H and O–H groups in total. The second-order valence-electron chi connectivity index (χ2n) is 7.05. The lowest BCUT2D eigenvalue weighted by atomic mass is 10.0. The van der Waals surface area contributed by atoms with Crippen molar-refractivity contribution in [3.05, 3.63) is 47.3 Å². The monoisotopic (exact) mass is 370 g/mol. The quantitative estimate of drug-likeness (QED) is 0.440. The summed E-state index contributed by atoms with van der Waals surface area (Å²) in [6.45, 7) is 6.17. The molecule has 0 bridgehead atoms. The van der Waals surface area contributed by atoms with Gasteiger partial charge in [0, 0.05) is 25.1 Å². The Kier molecular flexibility index (Phi) is 6.31. The Morgan fingerprint density at radius 2 is 2.15 bits per heavy atom. The molecule has 1 amide bonds. The van der Waals surface area contributed by atoms with Gasteiger partial charge in [-0.1, -0.05) is 24.3 Å². The van der Waals surface area contributed by atoms with Gasteiger partial charge in [0.15, 0.2) is 5.82 Å². The molecule has 3 rings (SSSR count). The summed E-state index contributed by atoms with van der Waals surface area (Å²) in [5.41, 5.74) is 3.78. The Morgan fingerprint density at radius 1 is 1.37 bits per heavy atom. The lowest BCUT2D eigenvalue weighted by Crippen LogP contribution is -2.26. The van der Waals surface area contributed by atoms with Gasteiger partial charge in [0.1, 0.15) is 0 Å². The maximum Gasteiger partial charge on any atom is 0.267 e. The molecule has 1 atom stereocenters. The number of carbonyl (C=O) groups is 1. The smallest absolute Gasteiger partial charge is 0.267 e. The molecule has 0 unspecified atom stereocenters. The van der Waals surface area contributed by atoms with Gasteiger partial charge in [-0.2, -0.15) is 0 Å². The predicted molar refractivity (Wildman–Crippen MR) is 101 cm³/mol. The minimum atomic E-state index is -0.537. The lowest BCUT2D eigenvalue weighted by Gasteiger charge is -2.24. The zero-order valence-corrected chi connectivity index (χ0v) is 15.7. The number of hydrogen-bond acceptors (Lipinski definition) is 6. The van der Waals surface area contributed by atoms with Gasteiger partial charge in [0.25, 0.3) is 5.91 Å². The van der Waals surface area contributed by atoms with Crippen molar-refractivity contribution in [1.29, 1.82) is 0 Å². The molecule has 8 heteroatoms. The first-order valence-corrected chi connectivity index (χ1v) is 9.31. The zero-order valence-electron chi connectivity index (χ0n) is 15.7. The van der Waals surface area contributed by atoms with Gasteiger partial charge < -0.3 is 0 Å². The number of benzene rings is 1. The molecule has 144 valence electrons. The largest absolute Gasteiger partial charge is 0.296 e. The topological polar surface area (TPSA) is 96.2 Å². The lowest BCUT2D eigenvalue weighted by molar-refractivity contribution is -0.124. The van der Waals surface area contributed by atoms with Gasteiger partial charge in [-0.3, -0.25) is 14.9 Å². The molecule has 1 aromatic carbocycles. The molecule has 2 aromatic rings. The van der Waals surface area contributed by atoms with Crippen LogP contribution in [0.4, 0.5) is 0 Å². The number of rotatable bonds is 7. The van der Waals surface area contributed by atoms with E-state index in [0.29, 0.717) is 6.04 Å². The van der Waals surface area contributed by atoms with Gasteiger partial charge in [-0.25, -0.2) is 10.2 Å². The first-order valence-electron chi connectivity index (χ1n) is 9.31. The van der Waals surface area contributed by atoms with Crippen molar-refractivity contribution >= 4 is 12.0 Å². The van der Waals surface area contributed by atoms with E-state index in [1.165, 1.54) is 18.1 Å². The highest BCUT2D eigenvalue weighted by Gasteiger charge is 2.26. The van der Waals surface area contributed by atoms with Gasteiger partial charge in [0.2, 0.25) is 0 Å². The summed E-state index contributed by atoms with van der Waals surface area (Å²) in [4.78, 5) is 13.6. The molecular weight excluding hydrogens is 344 g/mol. The molecule has 0 aliphatic carbocycles. The van der Waals surface area contributed by atoms with E-state index in [1.807, 2.05) is 16.8 Å². The van der Waals surface area contributed by atoms with Crippen molar-refractivity contribution in [3.8, 4) is 0 Å². The molecule has 1 saturated heterocycles. The molecule has 1 aliphatic heterocycles. The van der Waals surface area contributed by atoms with E-state index in [1.54, 1.807) is 11.6 Å². The summed E-state index contributed by atoms with van der Waals surface area (Å²) in [5.74, 6) is 0.392. The highest BCUT2D eigenvalue weighted by molar-refractivity contribution is 5.90. The molecule has 0 radical (unpaired) electrons. The van der Waals surface area contributed by atoms with E-state index < -0.39 is 5.91 Å². The van der Waals surface area contributed by atoms with E-state index >= 15 is 0 Å². The van der Waals surface area contributed by atoms with Crippen LogP contribution < -0.4 is 5.48 Å². The van der Waals surface area contributed by atoms with E-state index in [9.17, 15) is 4.79 Å². The number of hydrogen-bond donors (Lipinski definition) is 2. The molecule has 0 saturated carbocycles. The normalized spacial score (nSPS) is 17.9. The third-order valence-electron chi connectivity index (χ3n) is 4.89. The van der Waals surface area contributed by atoms with Crippen LogP contribution in [0, 0.1) is 0 Å². The number of nitrogens with zero attached hydrogens (tertiary/aromatic N) is 5. The van der Waals surface area contributed by atoms with Crippen LogP contribution in [0.1, 0.15) is 55.7 Å². The Hall–Kier alpha value is -2.58. The van der Waals surface area contributed by atoms with Crippen molar-refractivity contribution in [2.24, 2.45) is 0 Å². The van der Waals surface area contributed by atoms with Crippen molar-refractivity contribution < 1.29 is 10.0 Å². The number of likely N-dealkylation sites (tertiary alicyclic amines) is 1. The van der Waals surface area contributed by atoms with E-state index in [4.69, 9.17) is 5.21 Å². The molecule has 8 nitrogen and oxygen atoms in total. The Morgan fingerprint density at radius 3 is 2.85 bits per heavy atom. The predicted octanol–water partition coefficient (Wildman–Crippen LogP) is 2.15. The van der Waals surface area contributed by atoms with Crippen molar-refractivity contribution in [3.63, 3.8) is 0 Å². The SMILES string of the molecule is CC(C)n1nnnc1CCN1CCC[C@H]1c1ccc(C=CC(=O)NO)cc1. The number of tetrazole rings is 1. The van der Waals surface area contributed by atoms with Crippen molar-refractivity contribution in [2.75, 3.05) is 13.1 Å². The Balaban J connectivity index is 1.63. The first-order chi connectivity index (χ1) is 13.1. The van der Waals surface area contributed by atoms with Crippen LogP contribution in [0.15, 0.2) is 30.3 Å². The number of hydroxylamine groups is 1. The molecule has 1 aromatic heterocycles. The van der Waals surface area contributed by atoms with Crippen LogP contribution in [-0.4, -0.2) is 49.3 Å². The van der Waals surface area contributed by atoms with Crippen LogP contribution >= 0.6 is 0 Å². The highest BCUT2D eigenvalue weighted by atomic mass is 16.5. The van der Waals surface area contributed by atoms with Crippen LogP contribution in [0.3, 0.4) is 0 Å². The molecular formula is C19H26N6O2. The zero-order chi connectivity index (χ0) is 19.2. The molecule has 2 heterocycles. The third-order valence-corrected chi connectivity index (χ3v) is 4.89. The van der Waals surface area contributed by atoms with Crippen LogP contribution in [0.5, 0.6) is 0 Å². The van der Waals surface area contributed by atoms with Crippen LogP contribution in [-0.2, 0) is 11.2 Å². The fraction of sp³-hybridized carbons (Fsp3) is 0.474. The number of aromatic nitrogens is 4.